The molecule has 0 saturated carbocycles. The van der Waals surface area contributed by atoms with Crippen LogP contribution in [-0.4, -0.2) is 22.7 Å². The van der Waals surface area contributed by atoms with Gasteiger partial charge in [0.05, 0.1) is 10.6 Å². The number of rotatable bonds is 6. The van der Waals surface area contributed by atoms with Gasteiger partial charge >= 0.3 is 0 Å². The van der Waals surface area contributed by atoms with E-state index in [1.807, 2.05) is 30.3 Å². The number of carbonyl (C=O) groups excluding carboxylic acids is 2. The molecular weight excluding hydrogens is 499 g/mol. The van der Waals surface area contributed by atoms with E-state index in [-0.39, 0.29) is 18.4 Å². The molecule has 0 spiro atoms. The number of nitrogens with zero attached hydrogens (tertiary/aromatic N) is 1. The highest BCUT2D eigenvalue weighted by atomic mass is 35.5. The number of ether oxygens (including phenoxy) is 1. The number of hydrogen-bond acceptors (Lipinski definition) is 5. The van der Waals surface area contributed by atoms with E-state index in [4.69, 9.17) is 40.2 Å². The van der Waals surface area contributed by atoms with Crippen LogP contribution in [-0.2, 0) is 9.59 Å². The van der Waals surface area contributed by atoms with Gasteiger partial charge in [-0.3, -0.25) is 14.5 Å². The Balaban J connectivity index is 1.36. The van der Waals surface area contributed by atoms with Crippen molar-refractivity contribution in [2.24, 2.45) is 0 Å². The fraction of sp³-hybridized carbons (Fsp3) is 0.0417. The van der Waals surface area contributed by atoms with E-state index in [0.717, 1.165) is 11.3 Å². The van der Waals surface area contributed by atoms with E-state index in [9.17, 15) is 9.59 Å². The third-order valence-electron chi connectivity index (χ3n) is 4.50. The zero-order valence-corrected chi connectivity index (χ0v) is 20.1. The minimum atomic E-state index is -0.345. The van der Waals surface area contributed by atoms with Crippen molar-refractivity contribution in [3.05, 3.63) is 93.3 Å². The van der Waals surface area contributed by atoms with Crippen LogP contribution in [0.1, 0.15) is 5.56 Å². The number of anilines is 2. The lowest BCUT2D eigenvalue weighted by molar-refractivity contribution is -0.118. The van der Waals surface area contributed by atoms with Gasteiger partial charge in [-0.15, -0.1) is 0 Å². The molecule has 0 bridgehead atoms. The predicted molar refractivity (Wildman–Crippen MR) is 139 cm³/mol. The van der Waals surface area contributed by atoms with Gasteiger partial charge in [0.1, 0.15) is 5.75 Å². The highest BCUT2D eigenvalue weighted by Gasteiger charge is 2.33. The molecule has 1 fully saturated rings. The summed E-state index contributed by atoms with van der Waals surface area (Å²) in [6, 6.07) is 21.1. The second-order valence-electron chi connectivity index (χ2n) is 6.92. The number of thiocarbonyl (C=S) groups is 1. The Morgan fingerprint density at radius 3 is 2.36 bits per heavy atom. The molecule has 3 aromatic carbocycles. The summed E-state index contributed by atoms with van der Waals surface area (Å²) in [7, 11) is 0. The quantitative estimate of drug-likeness (QED) is 0.304. The fourth-order valence-corrected chi connectivity index (χ4v) is 4.88. The number of hydrogen-bond donors (Lipinski definition) is 1. The molecule has 4 rings (SSSR count). The van der Waals surface area contributed by atoms with Crippen LogP contribution >= 0.6 is 47.2 Å². The van der Waals surface area contributed by atoms with Crippen LogP contribution in [0.15, 0.2) is 77.7 Å². The molecule has 33 heavy (non-hydrogen) atoms. The number of nitrogens with one attached hydrogen (secondary N) is 1. The van der Waals surface area contributed by atoms with Gasteiger partial charge in [-0.1, -0.05) is 77.5 Å². The molecule has 166 valence electrons. The maximum Gasteiger partial charge on any atom is 0.270 e. The first kappa shape index (κ1) is 23.3. The van der Waals surface area contributed by atoms with Crippen LogP contribution in [0.25, 0.3) is 6.08 Å². The molecule has 2 amide bonds. The topological polar surface area (TPSA) is 58.6 Å². The first-order valence-corrected chi connectivity index (χ1v) is 11.7. The van der Waals surface area contributed by atoms with Crippen molar-refractivity contribution in [2.45, 2.75) is 0 Å². The second kappa shape index (κ2) is 10.4. The van der Waals surface area contributed by atoms with Crippen molar-refractivity contribution in [1.29, 1.82) is 0 Å². The molecule has 3 aromatic rings. The van der Waals surface area contributed by atoms with Crippen molar-refractivity contribution < 1.29 is 14.3 Å². The normalized spacial score (nSPS) is 14.6. The van der Waals surface area contributed by atoms with E-state index < -0.39 is 0 Å². The Morgan fingerprint density at radius 1 is 1.03 bits per heavy atom. The van der Waals surface area contributed by atoms with Crippen LogP contribution in [0.5, 0.6) is 5.75 Å². The monoisotopic (exact) mass is 514 g/mol. The number of benzene rings is 3. The second-order valence-corrected chi connectivity index (χ2v) is 9.47. The van der Waals surface area contributed by atoms with Gasteiger partial charge in [-0.25, -0.2) is 0 Å². The molecule has 1 aliphatic heterocycles. The summed E-state index contributed by atoms with van der Waals surface area (Å²) in [6.45, 7) is -0.181. The van der Waals surface area contributed by atoms with E-state index in [1.165, 1.54) is 16.7 Å². The van der Waals surface area contributed by atoms with E-state index in [0.29, 0.717) is 30.7 Å². The maximum atomic E-state index is 12.8. The summed E-state index contributed by atoms with van der Waals surface area (Å²) < 4.78 is 6.03. The Kier molecular flexibility index (Phi) is 7.35. The zero-order valence-electron chi connectivity index (χ0n) is 17.0. The van der Waals surface area contributed by atoms with Crippen molar-refractivity contribution in [3.8, 4) is 5.75 Å². The predicted octanol–water partition coefficient (Wildman–Crippen LogP) is 6.42. The first-order valence-electron chi connectivity index (χ1n) is 9.71. The van der Waals surface area contributed by atoms with Crippen LogP contribution in [0.4, 0.5) is 11.4 Å². The molecule has 0 aromatic heterocycles. The lowest BCUT2D eigenvalue weighted by Gasteiger charge is -2.13. The minimum absolute atomic E-state index is 0.158. The van der Waals surface area contributed by atoms with Crippen molar-refractivity contribution in [3.63, 3.8) is 0 Å². The molecule has 1 heterocycles. The van der Waals surface area contributed by atoms with E-state index in [2.05, 4.69) is 5.32 Å². The van der Waals surface area contributed by atoms with Crippen LogP contribution < -0.4 is 15.0 Å². The van der Waals surface area contributed by atoms with E-state index >= 15 is 0 Å². The minimum Gasteiger partial charge on any atom is -0.484 e. The maximum absolute atomic E-state index is 12.8. The largest absolute Gasteiger partial charge is 0.484 e. The molecule has 5 nitrogen and oxygen atoms in total. The van der Waals surface area contributed by atoms with E-state index in [1.54, 1.807) is 48.5 Å². The summed E-state index contributed by atoms with van der Waals surface area (Å²) in [5.74, 6) is 0.0135. The molecule has 9 heteroatoms. The number of carbonyl (C=O) groups is 2. The summed E-state index contributed by atoms with van der Waals surface area (Å²) >= 11 is 18.5. The first-order chi connectivity index (χ1) is 15.9. The number of para-hydroxylation sites is 1. The van der Waals surface area contributed by atoms with Crippen molar-refractivity contribution in [1.82, 2.24) is 0 Å². The third kappa shape index (κ3) is 5.94. The Morgan fingerprint density at radius 2 is 1.70 bits per heavy atom. The summed E-state index contributed by atoms with van der Waals surface area (Å²) in [6.07, 6.45) is 1.78. The highest BCUT2D eigenvalue weighted by Crippen LogP contribution is 2.36. The Hall–Kier alpha value is -2.84. The molecule has 0 aliphatic carbocycles. The van der Waals surface area contributed by atoms with Gasteiger partial charge in [-0.05, 0) is 54.1 Å². The van der Waals surface area contributed by atoms with Gasteiger partial charge in [-0.2, -0.15) is 0 Å². The number of thioether (sulfide) groups is 1. The SMILES string of the molecule is O=C(COc1ccc(/C=C2\SC(=S)N(c3ccccc3)C2=O)cc1)Nc1cc(Cl)cc(Cl)c1. The number of halogens is 2. The van der Waals surface area contributed by atoms with Crippen molar-refractivity contribution in [2.75, 3.05) is 16.8 Å². The molecule has 1 saturated heterocycles. The lowest BCUT2D eigenvalue weighted by Crippen LogP contribution is -2.27. The molecule has 0 unspecified atom stereocenters. The molecule has 0 atom stereocenters. The molecule has 1 N–H and O–H groups in total. The summed E-state index contributed by atoms with van der Waals surface area (Å²) in [4.78, 5) is 27.0. The molecule has 1 aliphatic rings. The third-order valence-corrected chi connectivity index (χ3v) is 6.24. The molecule has 0 radical (unpaired) electrons. The van der Waals surface area contributed by atoms with Gasteiger partial charge in [0.2, 0.25) is 0 Å². The van der Waals surface area contributed by atoms with Crippen LogP contribution in [0.3, 0.4) is 0 Å². The summed E-state index contributed by atoms with van der Waals surface area (Å²) in [5.41, 5.74) is 2.05. The fourth-order valence-electron chi connectivity index (χ4n) is 3.05. The number of amides is 2. The van der Waals surface area contributed by atoms with Gasteiger partial charge in [0.15, 0.2) is 10.9 Å². The van der Waals surface area contributed by atoms with Crippen molar-refractivity contribution >= 4 is 80.8 Å². The average Bonchev–Trinajstić information content (AvgIpc) is 3.06. The highest BCUT2D eigenvalue weighted by molar-refractivity contribution is 8.27. The average molecular weight is 515 g/mol. The van der Waals surface area contributed by atoms with Crippen LogP contribution in [0, 0.1) is 0 Å². The van der Waals surface area contributed by atoms with Gasteiger partial charge in [0.25, 0.3) is 11.8 Å². The Bertz CT molecular complexity index is 1230. The molecular formula is C24H16Cl2N2O3S2. The standard InChI is InChI=1S/C24H16Cl2N2O3S2/c25-16-11-17(26)13-18(12-16)27-22(29)14-31-20-8-6-15(7-9-20)10-21-23(30)28(24(32)33-21)19-4-2-1-3-5-19/h1-13H,14H2,(H,27,29)/b21-10-. The van der Waals surface area contributed by atoms with Gasteiger partial charge < -0.3 is 10.1 Å². The Labute approximate surface area is 210 Å². The zero-order chi connectivity index (χ0) is 23.4. The van der Waals surface area contributed by atoms with Crippen LogP contribution in [0.2, 0.25) is 10.0 Å². The lowest BCUT2D eigenvalue weighted by atomic mass is 10.2. The van der Waals surface area contributed by atoms with Gasteiger partial charge in [0, 0.05) is 15.7 Å². The summed E-state index contributed by atoms with van der Waals surface area (Å²) in [5, 5.41) is 3.53. The smallest absolute Gasteiger partial charge is 0.270 e.